The summed E-state index contributed by atoms with van der Waals surface area (Å²) in [5, 5.41) is 0.921. The standard InChI is InChI=1S/C23H26N2O4S/c1-17(28-2)23(25-13-18-8-10-21(29-3)11-9-18)16-30(26,27)15-19-12-20-6-4-5-7-22(20)24-14-19/h4-14,17,23H,15-16H2,1-3H3. The molecule has 0 amide bonds. The van der Waals surface area contributed by atoms with Crippen LogP contribution >= 0.6 is 0 Å². The van der Waals surface area contributed by atoms with E-state index in [1.165, 1.54) is 0 Å². The maximum absolute atomic E-state index is 12.9. The van der Waals surface area contributed by atoms with E-state index in [4.69, 9.17) is 9.47 Å². The number of fused-ring (bicyclic) bond motifs is 1. The van der Waals surface area contributed by atoms with Crippen molar-refractivity contribution in [1.29, 1.82) is 0 Å². The molecule has 0 aliphatic carbocycles. The second kappa shape index (κ2) is 9.82. The fourth-order valence-corrected chi connectivity index (χ4v) is 4.76. The molecule has 0 spiro atoms. The molecule has 0 radical (unpaired) electrons. The first-order valence-electron chi connectivity index (χ1n) is 9.64. The number of aromatic nitrogens is 1. The lowest BCUT2D eigenvalue weighted by Crippen LogP contribution is -2.31. The third-order valence-electron chi connectivity index (χ3n) is 4.90. The molecule has 7 heteroatoms. The van der Waals surface area contributed by atoms with Crippen LogP contribution in [-0.4, -0.2) is 51.7 Å². The van der Waals surface area contributed by atoms with E-state index in [-0.39, 0.29) is 17.6 Å². The van der Waals surface area contributed by atoms with Crippen molar-refractivity contribution in [2.45, 2.75) is 24.8 Å². The Morgan fingerprint density at radius 3 is 2.53 bits per heavy atom. The van der Waals surface area contributed by atoms with Crippen LogP contribution in [0.25, 0.3) is 10.9 Å². The summed E-state index contributed by atoms with van der Waals surface area (Å²) < 4.78 is 36.3. The van der Waals surface area contributed by atoms with E-state index < -0.39 is 15.9 Å². The van der Waals surface area contributed by atoms with Gasteiger partial charge in [0.25, 0.3) is 0 Å². The van der Waals surface area contributed by atoms with Gasteiger partial charge in [0.05, 0.1) is 36.3 Å². The second-order valence-electron chi connectivity index (χ2n) is 7.15. The Bertz CT molecular complexity index is 1110. The van der Waals surface area contributed by atoms with E-state index in [1.54, 1.807) is 26.6 Å². The third kappa shape index (κ3) is 5.87. The zero-order chi connectivity index (χ0) is 21.6. The van der Waals surface area contributed by atoms with Gasteiger partial charge in [-0.2, -0.15) is 0 Å². The molecule has 30 heavy (non-hydrogen) atoms. The van der Waals surface area contributed by atoms with Crippen molar-refractivity contribution >= 4 is 27.0 Å². The number of para-hydroxylation sites is 1. The smallest absolute Gasteiger partial charge is 0.156 e. The van der Waals surface area contributed by atoms with E-state index in [2.05, 4.69) is 9.98 Å². The molecule has 0 N–H and O–H groups in total. The minimum absolute atomic E-state index is 0.0875. The first-order valence-corrected chi connectivity index (χ1v) is 11.5. The fourth-order valence-electron chi connectivity index (χ4n) is 3.10. The Morgan fingerprint density at radius 2 is 1.83 bits per heavy atom. The number of benzene rings is 2. The van der Waals surface area contributed by atoms with Crippen molar-refractivity contribution in [3.63, 3.8) is 0 Å². The molecule has 1 aromatic heterocycles. The number of hydrogen-bond acceptors (Lipinski definition) is 6. The summed E-state index contributed by atoms with van der Waals surface area (Å²) in [6.07, 6.45) is 2.95. The highest BCUT2D eigenvalue weighted by molar-refractivity contribution is 7.90. The maximum atomic E-state index is 12.9. The summed E-state index contributed by atoms with van der Waals surface area (Å²) in [5.74, 6) is 0.553. The van der Waals surface area contributed by atoms with Gasteiger partial charge in [-0.15, -0.1) is 0 Å². The first-order chi connectivity index (χ1) is 14.4. The van der Waals surface area contributed by atoms with Gasteiger partial charge >= 0.3 is 0 Å². The number of nitrogens with zero attached hydrogens (tertiary/aromatic N) is 2. The molecule has 3 rings (SSSR count). The summed E-state index contributed by atoms with van der Waals surface area (Å²) in [4.78, 5) is 8.87. The van der Waals surface area contributed by atoms with Crippen LogP contribution in [0.3, 0.4) is 0 Å². The van der Waals surface area contributed by atoms with Crippen LogP contribution in [0.2, 0.25) is 0 Å². The maximum Gasteiger partial charge on any atom is 0.156 e. The summed E-state index contributed by atoms with van der Waals surface area (Å²) in [5.41, 5.74) is 2.37. The molecule has 0 bridgehead atoms. The molecule has 0 aliphatic heterocycles. The van der Waals surface area contributed by atoms with Gasteiger partial charge in [0.2, 0.25) is 0 Å². The lowest BCUT2D eigenvalue weighted by molar-refractivity contribution is 0.102. The predicted molar refractivity (Wildman–Crippen MR) is 120 cm³/mol. The van der Waals surface area contributed by atoms with Crippen molar-refractivity contribution in [2.24, 2.45) is 4.99 Å². The SMILES string of the molecule is COc1ccc(C=NC(CS(=O)(=O)Cc2cnc3ccccc3c2)C(C)OC)cc1. The highest BCUT2D eigenvalue weighted by Gasteiger charge is 2.24. The molecule has 1 heterocycles. The number of rotatable bonds is 9. The lowest BCUT2D eigenvalue weighted by atomic mass is 10.2. The molecule has 0 saturated carbocycles. The van der Waals surface area contributed by atoms with Gasteiger partial charge in [0.15, 0.2) is 9.84 Å². The largest absolute Gasteiger partial charge is 0.497 e. The molecule has 3 aromatic rings. The van der Waals surface area contributed by atoms with Crippen LogP contribution < -0.4 is 4.74 Å². The summed E-state index contributed by atoms with van der Waals surface area (Å²) in [6, 6.07) is 16.4. The first kappa shape index (κ1) is 21.9. The fraction of sp³-hybridized carbons (Fsp3) is 0.304. The van der Waals surface area contributed by atoms with Gasteiger partial charge in [-0.25, -0.2) is 8.42 Å². The lowest BCUT2D eigenvalue weighted by Gasteiger charge is -2.19. The average molecular weight is 427 g/mol. The minimum Gasteiger partial charge on any atom is -0.497 e. The monoisotopic (exact) mass is 426 g/mol. The van der Waals surface area contributed by atoms with E-state index in [9.17, 15) is 8.42 Å². The quantitative estimate of drug-likeness (QED) is 0.488. The van der Waals surface area contributed by atoms with Gasteiger partial charge < -0.3 is 9.47 Å². The van der Waals surface area contributed by atoms with Crippen molar-refractivity contribution in [3.8, 4) is 5.75 Å². The Hall–Kier alpha value is -2.77. The molecule has 2 unspecified atom stereocenters. The van der Waals surface area contributed by atoms with E-state index in [1.807, 2.05) is 61.5 Å². The van der Waals surface area contributed by atoms with Gasteiger partial charge in [0, 0.05) is 24.9 Å². The topological polar surface area (TPSA) is 77.9 Å². The molecule has 6 nitrogen and oxygen atoms in total. The van der Waals surface area contributed by atoms with Crippen LogP contribution in [0, 0.1) is 0 Å². The summed E-state index contributed by atoms with van der Waals surface area (Å²) >= 11 is 0. The highest BCUT2D eigenvalue weighted by atomic mass is 32.2. The number of aliphatic imine (C=N–C) groups is 1. The van der Waals surface area contributed by atoms with Gasteiger partial charge in [0.1, 0.15) is 5.75 Å². The number of sulfone groups is 1. The van der Waals surface area contributed by atoms with Gasteiger partial charge in [-0.1, -0.05) is 18.2 Å². The number of methoxy groups -OCH3 is 2. The van der Waals surface area contributed by atoms with Crippen molar-refractivity contribution < 1.29 is 17.9 Å². The van der Waals surface area contributed by atoms with Crippen LogP contribution in [0.1, 0.15) is 18.1 Å². The van der Waals surface area contributed by atoms with E-state index in [0.29, 0.717) is 5.56 Å². The molecule has 0 saturated heterocycles. The highest BCUT2D eigenvalue weighted by Crippen LogP contribution is 2.17. The number of hydrogen-bond donors (Lipinski definition) is 0. The van der Waals surface area contributed by atoms with Gasteiger partial charge in [-0.05, 0) is 54.4 Å². The molecule has 2 aromatic carbocycles. The van der Waals surface area contributed by atoms with Crippen molar-refractivity contribution in [3.05, 3.63) is 71.9 Å². The third-order valence-corrected chi connectivity index (χ3v) is 6.53. The van der Waals surface area contributed by atoms with E-state index >= 15 is 0 Å². The zero-order valence-electron chi connectivity index (χ0n) is 17.4. The Kier molecular flexibility index (Phi) is 7.18. The zero-order valence-corrected chi connectivity index (χ0v) is 18.2. The van der Waals surface area contributed by atoms with Crippen LogP contribution in [0.4, 0.5) is 0 Å². The number of pyridine rings is 1. The van der Waals surface area contributed by atoms with Crippen molar-refractivity contribution in [1.82, 2.24) is 4.98 Å². The summed E-state index contributed by atoms with van der Waals surface area (Å²) in [7, 11) is -0.264. The van der Waals surface area contributed by atoms with Crippen LogP contribution in [0.15, 0.2) is 65.8 Å². The Balaban J connectivity index is 1.75. The predicted octanol–water partition coefficient (Wildman–Crippen LogP) is 3.68. The van der Waals surface area contributed by atoms with E-state index in [0.717, 1.165) is 22.2 Å². The normalized spacial score (nSPS) is 14.1. The molecule has 0 fully saturated rings. The molecular weight excluding hydrogens is 400 g/mol. The molecule has 0 aliphatic rings. The van der Waals surface area contributed by atoms with Crippen molar-refractivity contribution in [2.75, 3.05) is 20.0 Å². The molecule has 2 atom stereocenters. The van der Waals surface area contributed by atoms with Crippen LogP contribution in [-0.2, 0) is 20.3 Å². The van der Waals surface area contributed by atoms with Gasteiger partial charge in [-0.3, -0.25) is 9.98 Å². The average Bonchev–Trinajstić information content (AvgIpc) is 2.76. The molecule has 158 valence electrons. The minimum atomic E-state index is -3.43. The van der Waals surface area contributed by atoms with Crippen LogP contribution in [0.5, 0.6) is 5.75 Å². The second-order valence-corrected chi connectivity index (χ2v) is 9.26. The Morgan fingerprint density at radius 1 is 1.10 bits per heavy atom. The molecular formula is C23H26N2O4S. The Labute approximate surface area is 177 Å². The number of ether oxygens (including phenoxy) is 2. The summed E-state index contributed by atoms with van der Waals surface area (Å²) in [6.45, 7) is 1.82.